The number of ether oxygens (including phenoxy) is 1. The minimum Gasteiger partial charge on any atom is -0.490 e. The van der Waals surface area contributed by atoms with Crippen molar-refractivity contribution >= 4 is 22.6 Å². The van der Waals surface area contributed by atoms with Crippen molar-refractivity contribution in [3.8, 4) is 16.9 Å². The normalized spacial score (nSPS) is 11.1. The van der Waals surface area contributed by atoms with Crippen LogP contribution in [0.15, 0.2) is 73.3 Å². The lowest BCUT2D eigenvalue weighted by Crippen LogP contribution is -2.17. The fraction of sp³-hybridized carbons (Fsp3) is 0.200. The molecule has 0 bridgehead atoms. The second kappa shape index (κ2) is 9.53. The molecule has 0 heterocycles. The summed E-state index contributed by atoms with van der Waals surface area (Å²) in [6.45, 7) is 6.11. The van der Waals surface area contributed by atoms with Crippen LogP contribution in [0.3, 0.4) is 0 Å². The number of benzene rings is 2. The van der Waals surface area contributed by atoms with Crippen LogP contribution in [0.4, 0.5) is 0 Å². The Morgan fingerprint density at radius 3 is 2.52 bits per heavy atom. The third-order valence-corrected chi connectivity index (χ3v) is 4.05. The van der Waals surface area contributed by atoms with Gasteiger partial charge in [-0.15, -0.1) is 6.58 Å². The predicted octanol–water partition coefficient (Wildman–Crippen LogP) is 5.01. The number of nitrogens with zero attached hydrogens (tertiary/aromatic N) is 1. The van der Waals surface area contributed by atoms with Crippen LogP contribution < -0.4 is 4.74 Å². The molecule has 0 fully saturated rings. The molecule has 0 radical (unpaired) electrons. The summed E-state index contributed by atoms with van der Waals surface area (Å²) in [5, 5.41) is 0. The Morgan fingerprint density at radius 2 is 1.83 bits per heavy atom. The van der Waals surface area contributed by atoms with E-state index in [2.05, 4.69) is 83.6 Å². The van der Waals surface area contributed by atoms with Gasteiger partial charge >= 0.3 is 0 Å². The maximum Gasteiger partial charge on any atom is 0.119 e. The molecule has 2 aromatic rings. The molecule has 0 aromatic heterocycles. The van der Waals surface area contributed by atoms with E-state index in [0.717, 1.165) is 18.8 Å². The number of halogens is 1. The van der Waals surface area contributed by atoms with E-state index in [1.807, 2.05) is 24.3 Å². The van der Waals surface area contributed by atoms with Crippen molar-refractivity contribution in [1.29, 1.82) is 0 Å². The van der Waals surface area contributed by atoms with Crippen LogP contribution in [0.5, 0.6) is 5.75 Å². The monoisotopic (exact) mass is 419 g/mol. The van der Waals surface area contributed by atoms with Gasteiger partial charge in [-0.25, -0.2) is 0 Å². The zero-order chi connectivity index (χ0) is 16.5. The van der Waals surface area contributed by atoms with Crippen LogP contribution in [-0.4, -0.2) is 31.6 Å². The van der Waals surface area contributed by atoms with Gasteiger partial charge in [0, 0.05) is 16.7 Å². The molecule has 2 nitrogen and oxygen atoms in total. The van der Waals surface area contributed by atoms with Gasteiger partial charge in [0.05, 0.1) is 0 Å². The highest BCUT2D eigenvalue weighted by molar-refractivity contribution is 14.1. The van der Waals surface area contributed by atoms with Crippen LogP contribution >= 0.6 is 22.6 Å². The molecule has 2 rings (SSSR count). The molecule has 0 amide bonds. The number of rotatable bonds is 8. The Balaban J connectivity index is 1.83. The lowest BCUT2D eigenvalue weighted by atomic mass is 10.1. The third kappa shape index (κ3) is 6.20. The summed E-state index contributed by atoms with van der Waals surface area (Å²) < 4.78 is 6.98. The Hall–Kier alpha value is -1.59. The van der Waals surface area contributed by atoms with Gasteiger partial charge in [-0.3, -0.25) is 4.90 Å². The van der Waals surface area contributed by atoms with E-state index in [-0.39, 0.29) is 0 Å². The second-order valence-corrected chi connectivity index (χ2v) is 6.57. The molecule has 0 aliphatic rings. The summed E-state index contributed by atoms with van der Waals surface area (Å²) in [6, 6.07) is 16.7. The molecule has 0 saturated heterocycles. The van der Waals surface area contributed by atoms with E-state index in [1.165, 1.54) is 14.7 Å². The van der Waals surface area contributed by atoms with Gasteiger partial charge in [0.15, 0.2) is 0 Å². The highest BCUT2D eigenvalue weighted by Crippen LogP contribution is 2.23. The van der Waals surface area contributed by atoms with E-state index in [4.69, 9.17) is 4.74 Å². The fourth-order valence-electron chi connectivity index (χ4n) is 2.17. The average Bonchev–Trinajstić information content (AvgIpc) is 2.55. The molecule has 0 unspecified atom stereocenters. The summed E-state index contributed by atoms with van der Waals surface area (Å²) in [7, 11) is 2.07. The van der Waals surface area contributed by atoms with Crippen LogP contribution in [0.2, 0.25) is 0 Å². The first-order chi connectivity index (χ1) is 11.2. The zero-order valence-corrected chi connectivity index (χ0v) is 15.6. The predicted molar refractivity (Wildman–Crippen MR) is 107 cm³/mol. The van der Waals surface area contributed by atoms with E-state index in [9.17, 15) is 0 Å². The van der Waals surface area contributed by atoms with E-state index in [1.54, 1.807) is 0 Å². The highest BCUT2D eigenvalue weighted by Gasteiger charge is 1.99. The largest absolute Gasteiger partial charge is 0.490 e. The molecule has 2 aromatic carbocycles. The van der Waals surface area contributed by atoms with Crippen molar-refractivity contribution in [3.05, 3.63) is 76.9 Å². The third-order valence-electron chi connectivity index (χ3n) is 3.38. The summed E-state index contributed by atoms with van der Waals surface area (Å²) in [6.07, 6.45) is 6.07. The SMILES string of the molecule is C=CCN(C)C/C=C/COc1ccc(-c2cccc(I)c2)cc1. The van der Waals surface area contributed by atoms with Crippen LogP contribution in [0.25, 0.3) is 11.1 Å². The topological polar surface area (TPSA) is 12.5 Å². The molecule has 0 atom stereocenters. The quantitative estimate of drug-likeness (QED) is 0.441. The summed E-state index contributed by atoms with van der Waals surface area (Å²) >= 11 is 2.33. The molecule has 3 heteroatoms. The van der Waals surface area contributed by atoms with Crippen molar-refractivity contribution in [2.75, 3.05) is 26.7 Å². The van der Waals surface area contributed by atoms with Gasteiger partial charge in [-0.1, -0.05) is 42.5 Å². The first-order valence-corrected chi connectivity index (χ1v) is 8.70. The van der Waals surface area contributed by atoms with Gasteiger partial charge in [-0.2, -0.15) is 0 Å². The minimum absolute atomic E-state index is 0.588. The van der Waals surface area contributed by atoms with E-state index < -0.39 is 0 Å². The molecular formula is C20H22INO. The molecule has 120 valence electrons. The highest BCUT2D eigenvalue weighted by atomic mass is 127. The van der Waals surface area contributed by atoms with Gasteiger partial charge in [0.2, 0.25) is 0 Å². The van der Waals surface area contributed by atoms with Crippen LogP contribution in [-0.2, 0) is 0 Å². The van der Waals surface area contributed by atoms with E-state index in [0.29, 0.717) is 6.61 Å². The number of likely N-dealkylation sites (N-methyl/N-ethyl adjacent to an activating group) is 1. The molecule has 0 saturated carbocycles. The number of hydrogen-bond donors (Lipinski definition) is 0. The first kappa shape index (κ1) is 17.8. The fourth-order valence-corrected chi connectivity index (χ4v) is 2.72. The van der Waals surface area contributed by atoms with Crippen LogP contribution in [0, 0.1) is 3.57 Å². The first-order valence-electron chi connectivity index (χ1n) is 7.62. The van der Waals surface area contributed by atoms with Crippen molar-refractivity contribution in [2.24, 2.45) is 0 Å². The lowest BCUT2D eigenvalue weighted by Gasteiger charge is -2.10. The molecule has 0 N–H and O–H groups in total. The van der Waals surface area contributed by atoms with Gasteiger partial charge in [0.1, 0.15) is 12.4 Å². The Morgan fingerprint density at radius 1 is 1.04 bits per heavy atom. The second-order valence-electron chi connectivity index (χ2n) is 5.33. The smallest absolute Gasteiger partial charge is 0.119 e. The summed E-state index contributed by atoms with van der Waals surface area (Å²) in [4.78, 5) is 2.18. The summed E-state index contributed by atoms with van der Waals surface area (Å²) in [5.41, 5.74) is 2.44. The van der Waals surface area contributed by atoms with Gasteiger partial charge < -0.3 is 4.74 Å². The maximum atomic E-state index is 5.74. The van der Waals surface area contributed by atoms with Crippen molar-refractivity contribution in [2.45, 2.75) is 0 Å². The lowest BCUT2D eigenvalue weighted by molar-refractivity contribution is 0.360. The van der Waals surface area contributed by atoms with Crippen molar-refractivity contribution < 1.29 is 4.74 Å². The molecule has 0 spiro atoms. The molecular weight excluding hydrogens is 397 g/mol. The van der Waals surface area contributed by atoms with Crippen LogP contribution in [0.1, 0.15) is 0 Å². The molecule has 23 heavy (non-hydrogen) atoms. The number of hydrogen-bond acceptors (Lipinski definition) is 2. The van der Waals surface area contributed by atoms with Crippen molar-refractivity contribution in [1.82, 2.24) is 4.90 Å². The minimum atomic E-state index is 0.588. The van der Waals surface area contributed by atoms with Gasteiger partial charge in [0.25, 0.3) is 0 Å². The maximum absolute atomic E-state index is 5.74. The van der Waals surface area contributed by atoms with Gasteiger partial charge in [-0.05, 0) is 65.0 Å². The molecule has 0 aliphatic carbocycles. The zero-order valence-electron chi connectivity index (χ0n) is 13.4. The Kier molecular flexibility index (Phi) is 7.36. The molecule has 0 aliphatic heterocycles. The van der Waals surface area contributed by atoms with Crippen molar-refractivity contribution in [3.63, 3.8) is 0 Å². The summed E-state index contributed by atoms with van der Waals surface area (Å²) in [5.74, 6) is 0.892. The Bertz CT molecular complexity index is 649. The Labute approximate surface area is 152 Å². The average molecular weight is 419 g/mol. The van der Waals surface area contributed by atoms with E-state index >= 15 is 0 Å². The standard InChI is InChI=1S/C20H22INO/c1-3-13-22(2)14-4-5-15-23-20-11-9-17(10-12-20)18-7-6-8-19(21)16-18/h3-12,16H,1,13-15H2,2H3/b5-4+.